The van der Waals surface area contributed by atoms with Crippen molar-refractivity contribution in [1.29, 1.82) is 0 Å². The largest absolute Gasteiger partial charge is 0.352 e. The first-order valence-electron chi connectivity index (χ1n) is 15.4. The van der Waals surface area contributed by atoms with Crippen LogP contribution in [-0.2, 0) is 32.6 Å². The molecule has 0 heterocycles. The topological polar surface area (TPSA) is 86.8 Å². The molecule has 0 aromatic heterocycles. The lowest BCUT2D eigenvalue weighted by Crippen LogP contribution is -2.55. The number of carbonyl (C=O) groups excluding carboxylic acids is 2. The van der Waals surface area contributed by atoms with Crippen LogP contribution in [-0.4, -0.2) is 43.8 Å². The lowest BCUT2D eigenvalue weighted by molar-refractivity contribution is -0.140. The van der Waals surface area contributed by atoms with Crippen molar-refractivity contribution in [2.75, 3.05) is 10.8 Å². The summed E-state index contributed by atoms with van der Waals surface area (Å²) in [4.78, 5) is 30.2. The van der Waals surface area contributed by atoms with E-state index >= 15 is 0 Å². The second-order valence-electron chi connectivity index (χ2n) is 11.5. The highest BCUT2D eigenvalue weighted by molar-refractivity contribution is 7.92. The average molecular weight is 679 g/mol. The highest BCUT2D eigenvalue weighted by atomic mass is 35.5. The Morgan fingerprint density at radius 1 is 0.761 bits per heavy atom. The van der Waals surface area contributed by atoms with Crippen LogP contribution in [0.5, 0.6) is 0 Å². The Hall–Kier alpha value is -3.85. The molecule has 4 aromatic carbocycles. The number of amides is 2. The second-order valence-corrected chi connectivity index (χ2v) is 14.2. The van der Waals surface area contributed by atoms with Crippen LogP contribution in [0.15, 0.2) is 114 Å². The summed E-state index contributed by atoms with van der Waals surface area (Å²) in [5.41, 5.74) is 1.83. The molecular formula is C36H37Cl2N3O4S. The molecule has 1 saturated carbocycles. The van der Waals surface area contributed by atoms with E-state index in [0.717, 1.165) is 47.5 Å². The van der Waals surface area contributed by atoms with Crippen LogP contribution in [0.1, 0.15) is 43.2 Å². The number of rotatable bonds is 12. The first-order chi connectivity index (χ1) is 22.2. The number of benzene rings is 4. The van der Waals surface area contributed by atoms with Gasteiger partial charge in [-0.25, -0.2) is 8.42 Å². The summed E-state index contributed by atoms with van der Waals surface area (Å²) in [5.74, 6) is -0.803. The van der Waals surface area contributed by atoms with Crippen molar-refractivity contribution in [3.63, 3.8) is 0 Å². The van der Waals surface area contributed by atoms with Gasteiger partial charge in [-0.1, -0.05) is 121 Å². The van der Waals surface area contributed by atoms with Crippen LogP contribution in [0.2, 0.25) is 10.0 Å². The molecule has 0 radical (unpaired) electrons. The number of hydrogen-bond donors (Lipinski definition) is 1. The van der Waals surface area contributed by atoms with Crippen molar-refractivity contribution >= 4 is 50.7 Å². The molecule has 0 saturated heterocycles. The summed E-state index contributed by atoms with van der Waals surface area (Å²) < 4.78 is 29.3. The van der Waals surface area contributed by atoms with Gasteiger partial charge in [0, 0.05) is 29.1 Å². The van der Waals surface area contributed by atoms with Crippen LogP contribution >= 0.6 is 23.2 Å². The maximum Gasteiger partial charge on any atom is 0.264 e. The van der Waals surface area contributed by atoms with E-state index in [2.05, 4.69) is 5.32 Å². The van der Waals surface area contributed by atoms with Crippen LogP contribution in [0.3, 0.4) is 0 Å². The first kappa shape index (κ1) is 33.5. The third-order valence-electron chi connectivity index (χ3n) is 8.16. The molecule has 1 unspecified atom stereocenters. The second kappa shape index (κ2) is 15.6. The van der Waals surface area contributed by atoms with Gasteiger partial charge in [0.1, 0.15) is 12.6 Å². The van der Waals surface area contributed by atoms with Crippen molar-refractivity contribution in [1.82, 2.24) is 10.2 Å². The molecule has 1 aliphatic rings. The molecule has 1 atom stereocenters. The molecule has 5 rings (SSSR count). The summed E-state index contributed by atoms with van der Waals surface area (Å²) in [5, 5.41) is 3.66. The Morgan fingerprint density at radius 2 is 1.30 bits per heavy atom. The minimum atomic E-state index is -4.25. The Labute approximate surface area is 281 Å². The zero-order chi connectivity index (χ0) is 32.5. The third-order valence-corrected chi connectivity index (χ3v) is 10.4. The van der Waals surface area contributed by atoms with Gasteiger partial charge in [-0.3, -0.25) is 13.9 Å². The minimum absolute atomic E-state index is 0.00406. The van der Waals surface area contributed by atoms with Crippen molar-refractivity contribution in [3.05, 3.63) is 130 Å². The summed E-state index contributed by atoms with van der Waals surface area (Å²) in [6, 6.07) is 30.3. The van der Waals surface area contributed by atoms with Crippen molar-refractivity contribution in [2.24, 2.45) is 0 Å². The van der Waals surface area contributed by atoms with E-state index in [9.17, 15) is 18.0 Å². The number of carbonyl (C=O) groups is 2. The fourth-order valence-electron chi connectivity index (χ4n) is 5.81. The SMILES string of the molecule is O=C(NC1CCCCC1)C(Cc1ccccc1)N(Cc1ccccc1)C(=O)CN(c1cc(Cl)cc(Cl)c1)S(=O)(=O)c1ccccc1. The fraction of sp³-hybridized carbons (Fsp3) is 0.278. The summed E-state index contributed by atoms with van der Waals surface area (Å²) in [6.45, 7) is -0.479. The summed E-state index contributed by atoms with van der Waals surface area (Å²) in [7, 11) is -4.25. The summed E-state index contributed by atoms with van der Waals surface area (Å²) >= 11 is 12.6. The predicted octanol–water partition coefficient (Wildman–Crippen LogP) is 7.28. The van der Waals surface area contributed by atoms with Gasteiger partial charge in [0.25, 0.3) is 10.0 Å². The standard InChI is InChI=1S/C36H37Cl2N3O4S/c37-29-22-30(38)24-32(23-29)41(46(44,45)33-19-11-4-12-20-33)26-35(42)40(25-28-15-7-2-8-16-28)34(21-27-13-5-1-6-14-27)36(43)39-31-17-9-3-10-18-31/h1-2,4-8,11-16,19-20,22-24,31,34H,3,9-10,17-18,21,25-26H2,(H,39,43). The van der Waals surface area contributed by atoms with Gasteiger partial charge < -0.3 is 10.2 Å². The van der Waals surface area contributed by atoms with Crippen molar-refractivity contribution < 1.29 is 18.0 Å². The van der Waals surface area contributed by atoms with Gasteiger partial charge >= 0.3 is 0 Å². The van der Waals surface area contributed by atoms with Gasteiger partial charge in [0.2, 0.25) is 11.8 Å². The lowest BCUT2D eigenvalue weighted by Gasteiger charge is -2.35. The van der Waals surface area contributed by atoms with E-state index in [4.69, 9.17) is 23.2 Å². The van der Waals surface area contributed by atoms with Crippen molar-refractivity contribution in [2.45, 2.75) is 62.0 Å². The normalized spacial score (nSPS) is 14.3. The molecule has 1 fully saturated rings. The van der Waals surface area contributed by atoms with Crippen LogP contribution in [0, 0.1) is 0 Å². The highest BCUT2D eigenvalue weighted by Crippen LogP contribution is 2.30. The molecule has 2 amide bonds. The molecule has 7 nitrogen and oxygen atoms in total. The quantitative estimate of drug-likeness (QED) is 0.171. The number of hydrogen-bond acceptors (Lipinski definition) is 4. The average Bonchev–Trinajstić information content (AvgIpc) is 3.06. The van der Waals surface area contributed by atoms with E-state index in [0.29, 0.717) is 0 Å². The Balaban J connectivity index is 1.56. The number of sulfonamides is 1. The Morgan fingerprint density at radius 3 is 1.89 bits per heavy atom. The summed E-state index contributed by atoms with van der Waals surface area (Å²) in [6.07, 6.45) is 5.24. The lowest BCUT2D eigenvalue weighted by atomic mass is 9.94. The zero-order valence-corrected chi connectivity index (χ0v) is 27.7. The Kier molecular flexibility index (Phi) is 11.4. The molecular weight excluding hydrogens is 641 g/mol. The van der Waals surface area contributed by atoms with Crippen molar-refractivity contribution in [3.8, 4) is 0 Å². The van der Waals surface area contributed by atoms with Crippen LogP contribution in [0.4, 0.5) is 5.69 Å². The van der Waals surface area contributed by atoms with Crippen LogP contribution in [0.25, 0.3) is 0 Å². The van der Waals surface area contributed by atoms with Crippen LogP contribution < -0.4 is 9.62 Å². The smallest absolute Gasteiger partial charge is 0.264 e. The molecule has 4 aromatic rings. The van der Waals surface area contributed by atoms with E-state index in [1.165, 1.54) is 35.2 Å². The number of nitrogens with zero attached hydrogens (tertiary/aromatic N) is 2. The maximum absolute atomic E-state index is 14.6. The van der Waals surface area contributed by atoms with Gasteiger partial charge in [0.05, 0.1) is 10.6 Å². The third kappa shape index (κ3) is 8.69. The minimum Gasteiger partial charge on any atom is -0.352 e. The number of anilines is 1. The Bertz CT molecular complexity index is 1700. The monoisotopic (exact) mass is 677 g/mol. The van der Waals surface area contributed by atoms with E-state index < -0.39 is 28.5 Å². The molecule has 1 N–H and O–H groups in total. The van der Waals surface area contributed by atoms with Gasteiger partial charge in [-0.15, -0.1) is 0 Å². The molecule has 46 heavy (non-hydrogen) atoms. The van der Waals surface area contributed by atoms with E-state index in [1.54, 1.807) is 18.2 Å². The van der Waals surface area contributed by atoms with E-state index in [-0.39, 0.29) is 45.5 Å². The molecule has 0 aliphatic heterocycles. The predicted molar refractivity (Wildman–Crippen MR) is 183 cm³/mol. The number of nitrogens with one attached hydrogen (secondary N) is 1. The molecule has 1 aliphatic carbocycles. The number of halogens is 2. The first-order valence-corrected chi connectivity index (χ1v) is 17.6. The maximum atomic E-state index is 14.6. The van der Waals surface area contributed by atoms with E-state index in [1.807, 2.05) is 60.7 Å². The van der Waals surface area contributed by atoms with Gasteiger partial charge in [0.15, 0.2) is 0 Å². The highest BCUT2D eigenvalue weighted by Gasteiger charge is 2.35. The molecule has 240 valence electrons. The fourth-order valence-corrected chi connectivity index (χ4v) is 7.74. The zero-order valence-electron chi connectivity index (χ0n) is 25.4. The molecule has 0 bridgehead atoms. The van der Waals surface area contributed by atoms with Gasteiger partial charge in [-0.05, 0) is 54.3 Å². The molecule has 0 spiro atoms. The molecule has 10 heteroatoms. The van der Waals surface area contributed by atoms with Gasteiger partial charge in [-0.2, -0.15) is 0 Å².